The molecule has 0 radical (unpaired) electrons. The van der Waals surface area contributed by atoms with Gasteiger partial charge in [-0.3, -0.25) is 43.5 Å². The van der Waals surface area contributed by atoms with Gasteiger partial charge in [0.25, 0.3) is 17.7 Å². The molecule has 3 atom stereocenters. The van der Waals surface area contributed by atoms with Crippen molar-refractivity contribution in [3.63, 3.8) is 0 Å². The lowest BCUT2D eigenvalue weighted by Crippen LogP contribution is -2.53. The van der Waals surface area contributed by atoms with Crippen molar-refractivity contribution >= 4 is 64.6 Å². The Morgan fingerprint density at radius 2 is 1.62 bits per heavy atom. The first kappa shape index (κ1) is 43.0. The van der Waals surface area contributed by atoms with Crippen LogP contribution in [0.2, 0.25) is 0 Å². The zero-order valence-electron chi connectivity index (χ0n) is 33.1. The fraction of sp³-hybridized carbons (Fsp3) is 0.463. The molecule has 0 aliphatic carbocycles. The fourth-order valence-electron chi connectivity index (χ4n) is 6.73. The Morgan fingerprint density at radius 3 is 2.34 bits per heavy atom. The predicted octanol–water partition coefficient (Wildman–Crippen LogP) is 4.02. The van der Waals surface area contributed by atoms with Gasteiger partial charge in [-0.2, -0.15) is 0 Å². The largest absolute Gasteiger partial charge is 0.493 e. The van der Waals surface area contributed by atoms with Crippen molar-refractivity contribution in [2.24, 2.45) is 10.9 Å². The Morgan fingerprint density at radius 1 is 0.879 bits per heavy atom. The molecule has 3 heterocycles. The van der Waals surface area contributed by atoms with E-state index in [9.17, 15) is 38.0 Å². The lowest BCUT2D eigenvalue weighted by atomic mass is 10.0. The number of carbonyl (C=O) groups is 7. The Bertz CT molecular complexity index is 1970. The molecule has 0 saturated carbocycles. The van der Waals surface area contributed by atoms with E-state index in [1.54, 1.807) is 37.1 Å². The first-order chi connectivity index (χ1) is 27.7. The highest BCUT2D eigenvalue weighted by molar-refractivity contribution is 6.12. The van der Waals surface area contributed by atoms with Gasteiger partial charge in [0, 0.05) is 56.1 Å². The van der Waals surface area contributed by atoms with Gasteiger partial charge in [0.15, 0.2) is 11.5 Å². The van der Waals surface area contributed by atoms with E-state index in [0.29, 0.717) is 55.0 Å². The van der Waals surface area contributed by atoms with Crippen LogP contribution in [-0.4, -0.2) is 102 Å². The number of halogens is 1. The highest BCUT2D eigenvalue weighted by atomic mass is 19.1. The van der Waals surface area contributed by atoms with Crippen LogP contribution in [0.1, 0.15) is 82.5 Å². The van der Waals surface area contributed by atoms with Crippen LogP contribution in [0.4, 0.5) is 21.5 Å². The van der Waals surface area contributed by atoms with E-state index in [2.05, 4.69) is 26.3 Å². The van der Waals surface area contributed by atoms with Crippen LogP contribution in [0, 0.1) is 11.7 Å². The number of imide groups is 1. The Hall–Kier alpha value is -6.13. The first-order valence-electron chi connectivity index (χ1n) is 19.5. The van der Waals surface area contributed by atoms with Crippen molar-refractivity contribution in [2.75, 3.05) is 37.4 Å². The third-order valence-corrected chi connectivity index (χ3v) is 9.98. The van der Waals surface area contributed by atoms with Crippen molar-refractivity contribution in [3.05, 3.63) is 53.9 Å². The summed E-state index contributed by atoms with van der Waals surface area (Å²) in [5.74, 6) is -3.21. The number of rotatable bonds is 19. The van der Waals surface area contributed by atoms with Gasteiger partial charge in [-0.25, -0.2) is 4.39 Å². The van der Waals surface area contributed by atoms with Crippen molar-refractivity contribution in [2.45, 2.75) is 90.3 Å². The van der Waals surface area contributed by atoms with Crippen molar-refractivity contribution in [1.29, 1.82) is 0 Å². The van der Waals surface area contributed by atoms with E-state index in [4.69, 9.17) is 9.47 Å². The normalized spacial score (nSPS) is 16.7. The van der Waals surface area contributed by atoms with Gasteiger partial charge in [-0.15, -0.1) is 0 Å². The van der Waals surface area contributed by atoms with Gasteiger partial charge >= 0.3 is 0 Å². The molecule has 1 saturated heterocycles. The summed E-state index contributed by atoms with van der Waals surface area (Å²) in [5.41, 5.74) is 0.937. The third-order valence-electron chi connectivity index (χ3n) is 9.98. The molecule has 16 nitrogen and oxygen atoms in total. The van der Waals surface area contributed by atoms with Crippen LogP contribution in [0.5, 0.6) is 11.5 Å². The number of unbranched alkanes of at least 4 members (excludes halogenated alkanes) is 2. The summed E-state index contributed by atoms with van der Waals surface area (Å²) in [6.07, 6.45) is 8.10. The lowest BCUT2D eigenvalue weighted by molar-refractivity contribution is -0.137. The minimum Gasteiger partial charge on any atom is -0.493 e. The summed E-state index contributed by atoms with van der Waals surface area (Å²) < 4.78 is 26.2. The predicted molar refractivity (Wildman–Crippen MR) is 212 cm³/mol. The van der Waals surface area contributed by atoms with Crippen LogP contribution < -0.4 is 30.7 Å². The van der Waals surface area contributed by atoms with Crippen molar-refractivity contribution in [3.8, 4) is 11.5 Å². The van der Waals surface area contributed by atoms with E-state index >= 15 is 0 Å². The topological polar surface area (TPSA) is 205 Å². The van der Waals surface area contributed by atoms with Crippen LogP contribution in [0.25, 0.3) is 0 Å². The molecule has 3 aliphatic heterocycles. The van der Waals surface area contributed by atoms with Crippen LogP contribution >= 0.6 is 0 Å². The molecule has 0 spiro atoms. The van der Waals surface area contributed by atoms with E-state index in [1.807, 2.05) is 0 Å². The highest BCUT2D eigenvalue weighted by Gasteiger charge is 2.33. The molecule has 4 N–H and O–H groups in total. The molecular weight excluding hydrogens is 753 g/mol. The second-order valence-corrected chi connectivity index (χ2v) is 14.7. The zero-order chi connectivity index (χ0) is 41.9. The van der Waals surface area contributed by atoms with Crippen molar-refractivity contribution < 1.29 is 47.4 Å². The summed E-state index contributed by atoms with van der Waals surface area (Å²) in [4.78, 5) is 95.5. The lowest BCUT2D eigenvalue weighted by Gasteiger charge is -2.24. The average molecular weight is 804 g/mol. The molecule has 17 heteroatoms. The molecular formula is C41H50FN7O9. The molecule has 2 aromatic rings. The number of benzene rings is 2. The Labute approximate surface area is 336 Å². The number of fused-ring (bicyclic) bond motifs is 2. The minimum atomic E-state index is -1.11. The minimum absolute atomic E-state index is 0.0349. The summed E-state index contributed by atoms with van der Waals surface area (Å²) in [6, 6.07) is 4.88. The maximum absolute atomic E-state index is 14.8. The number of carbonyl (C=O) groups excluding carboxylic acids is 7. The number of aliphatic imine (C=N–C) groups is 1. The smallest absolute Gasteiger partial charge is 0.256 e. The van der Waals surface area contributed by atoms with Crippen LogP contribution in [0.3, 0.4) is 0 Å². The van der Waals surface area contributed by atoms with E-state index in [0.717, 1.165) is 23.8 Å². The van der Waals surface area contributed by atoms with Gasteiger partial charge in [-0.1, -0.05) is 20.3 Å². The number of anilines is 2. The molecule has 3 aliphatic rings. The first-order valence-corrected chi connectivity index (χ1v) is 19.5. The van der Waals surface area contributed by atoms with Gasteiger partial charge in [0.05, 0.1) is 36.7 Å². The second-order valence-electron chi connectivity index (χ2n) is 14.7. The molecule has 0 unspecified atom stereocenters. The monoisotopic (exact) mass is 803 g/mol. The van der Waals surface area contributed by atoms with Crippen molar-refractivity contribution in [1.82, 2.24) is 20.4 Å². The summed E-state index contributed by atoms with van der Waals surface area (Å²) in [7, 11) is 1.48. The molecule has 1 fully saturated rings. The van der Waals surface area contributed by atoms with Crippen LogP contribution in [0.15, 0.2) is 47.5 Å². The fourth-order valence-corrected chi connectivity index (χ4v) is 6.73. The molecule has 58 heavy (non-hydrogen) atoms. The SMILES string of the molecule is COc1cc2c(cc1OCCCC(=O)Nc1ccc(F)c(NC(=O)[C@H](C)NC(=O)[C@@H](NC(=O)CCCCCN3C(=O)C=CC3=O)C(C)C)c1)N=C[C@@H]1CCCN1C2=O. The quantitative estimate of drug-likeness (QED) is 0.119. The summed E-state index contributed by atoms with van der Waals surface area (Å²) in [6.45, 7) is 5.98. The maximum atomic E-state index is 14.8. The van der Waals surface area contributed by atoms with E-state index in [1.165, 1.54) is 38.3 Å². The number of nitrogens with one attached hydrogen (secondary N) is 4. The number of ether oxygens (including phenoxy) is 2. The second kappa shape index (κ2) is 19.8. The molecule has 5 rings (SSSR count). The maximum Gasteiger partial charge on any atom is 0.256 e. The zero-order valence-corrected chi connectivity index (χ0v) is 33.1. The van der Waals surface area contributed by atoms with Gasteiger partial charge in [0.1, 0.15) is 17.9 Å². The number of amides is 7. The number of nitrogens with zero attached hydrogens (tertiary/aromatic N) is 3. The molecule has 2 aromatic carbocycles. The van der Waals surface area contributed by atoms with E-state index in [-0.39, 0.29) is 78.9 Å². The molecule has 0 aromatic heterocycles. The number of hydrogen-bond donors (Lipinski definition) is 4. The highest BCUT2D eigenvalue weighted by Crippen LogP contribution is 2.38. The van der Waals surface area contributed by atoms with Gasteiger partial charge in [0.2, 0.25) is 23.6 Å². The third kappa shape index (κ3) is 11.0. The average Bonchev–Trinajstić information content (AvgIpc) is 3.76. The van der Waals surface area contributed by atoms with Gasteiger partial charge < -0.3 is 35.6 Å². The number of hydrogen-bond acceptors (Lipinski definition) is 10. The van der Waals surface area contributed by atoms with E-state index < -0.39 is 29.7 Å². The van der Waals surface area contributed by atoms with Crippen LogP contribution in [-0.2, 0) is 28.8 Å². The molecule has 7 amide bonds. The Kier molecular flexibility index (Phi) is 14.7. The summed E-state index contributed by atoms with van der Waals surface area (Å²) in [5, 5.41) is 10.4. The molecule has 310 valence electrons. The summed E-state index contributed by atoms with van der Waals surface area (Å²) >= 11 is 0. The standard InChI is InChI=1S/C41H50FN7O9/c1-24(2)38(47-35(51)11-6-5-7-17-49-36(52)15-16-37(49)53)40(55)44-25(3)39(54)46-31-20-26(13-14-29(31)42)45-34(50)12-9-19-58-33-22-30-28(21-32(33)57-4)41(56)48-18-8-10-27(48)23-43-30/h13-16,20-25,27,38H,5-12,17-19H2,1-4H3,(H,44,55)(H,45,50)(H,46,54)(H,47,51)/t25-,27-,38-/m0/s1. The Balaban J connectivity index is 1.05. The van der Waals surface area contributed by atoms with Gasteiger partial charge in [-0.05, 0) is 69.2 Å². The number of methoxy groups -OCH3 is 1. The molecule has 0 bridgehead atoms.